The first-order valence-corrected chi connectivity index (χ1v) is 9.00. The van der Waals surface area contributed by atoms with Gasteiger partial charge in [0.05, 0.1) is 0 Å². The lowest BCUT2D eigenvalue weighted by molar-refractivity contribution is 0.102. The fourth-order valence-corrected chi connectivity index (χ4v) is 2.94. The minimum absolute atomic E-state index is 0.186. The van der Waals surface area contributed by atoms with Gasteiger partial charge in [0.1, 0.15) is 0 Å². The highest BCUT2D eigenvalue weighted by Gasteiger charge is 2.09. The van der Waals surface area contributed by atoms with Crippen LogP contribution in [0, 0.1) is 6.92 Å². The highest BCUT2D eigenvalue weighted by molar-refractivity contribution is 6.06. The molecule has 0 radical (unpaired) electrons. The van der Waals surface area contributed by atoms with Crippen molar-refractivity contribution in [2.45, 2.75) is 6.92 Å². The number of carbonyl (C=O) groups excluding carboxylic acids is 2. The van der Waals surface area contributed by atoms with Gasteiger partial charge in [-0.3, -0.25) is 9.59 Å². The molecule has 0 atom stereocenters. The summed E-state index contributed by atoms with van der Waals surface area (Å²) >= 11 is 0. The van der Waals surface area contributed by atoms with E-state index in [0.29, 0.717) is 16.8 Å². The number of benzene rings is 3. The Morgan fingerprint density at radius 1 is 0.714 bits per heavy atom. The molecule has 3 rings (SSSR count). The fraction of sp³-hybridized carbons (Fsp3) is 0.130. The number of hydrogen-bond acceptors (Lipinski definition) is 3. The van der Waals surface area contributed by atoms with Gasteiger partial charge in [-0.1, -0.05) is 18.2 Å². The van der Waals surface area contributed by atoms with Gasteiger partial charge in [-0.15, -0.1) is 0 Å². The topological polar surface area (TPSA) is 61.4 Å². The number of anilines is 3. The van der Waals surface area contributed by atoms with Crippen LogP contribution in [0.3, 0.4) is 0 Å². The van der Waals surface area contributed by atoms with Crippen molar-refractivity contribution in [2.75, 3.05) is 29.6 Å². The van der Waals surface area contributed by atoms with Crippen LogP contribution in [0.1, 0.15) is 26.3 Å². The van der Waals surface area contributed by atoms with Crippen molar-refractivity contribution in [1.29, 1.82) is 0 Å². The Kier molecular flexibility index (Phi) is 5.75. The number of amides is 2. The molecule has 0 saturated carbocycles. The van der Waals surface area contributed by atoms with Crippen LogP contribution in [0.5, 0.6) is 0 Å². The molecule has 28 heavy (non-hydrogen) atoms. The van der Waals surface area contributed by atoms with E-state index in [1.54, 1.807) is 36.4 Å². The Morgan fingerprint density at radius 3 is 1.82 bits per heavy atom. The molecule has 3 aromatic rings. The number of aryl methyl sites for hydroxylation is 1. The molecule has 0 aromatic heterocycles. The van der Waals surface area contributed by atoms with Crippen molar-refractivity contribution in [2.24, 2.45) is 0 Å². The highest BCUT2D eigenvalue weighted by Crippen LogP contribution is 2.22. The van der Waals surface area contributed by atoms with Gasteiger partial charge in [0.25, 0.3) is 11.8 Å². The first-order chi connectivity index (χ1) is 13.4. The Bertz CT molecular complexity index is 980. The third kappa shape index (κ3) is 4.57. The summed E-state index contributed by atoms with van der Waals surface area (Å²) in [5, 5.41) is 5.73. The molecule has 0 bridgehead atoms. The van der Waals surface area contributed by atoms with Crippen LogP contribution in [0.25, 0.3) is 0 Å². The summed E-state index contributed by atoms with van der Waals surface area (Å²) < 4.78 is 0. The predicted octanol–water partition coefficient (Wildman–Crippen LogP) is 4.57. The van der Waals surface area contributed by atoms with Crippen LogP contribution >= 0.6 is 0 Å². The molecule has 0 aliphatic heterocycles. The summed E-state index contributed by atoms with van der Waals surface area (Å²) in [6.07, 6.45) is 0. The molecule has 0 spiro atoms. The zero-order valence-corrected chi connectivity index (χ0v) is 16.2. The largest absolute Gasteiger partial charge is 0.377 e. The van der Waals surface area contributed by atoms with Gasteiger partial charge in [0, 0.05) is 42.3 Å². The molecule has 3 aromatic carbocycles. The average molecular weight is 373 g/mol. The summed E-state index contributed by atoms with van der Waals surface area (Å²) in [5.74, 6) is -0.382. The van der Waals surface area contributed by atoms with Crippen LogP contribution in [-0.4, -0.2) is 25.9 Å². The second kappa shape index (κ2) is 8.39. The molecule has 5 heteroatoms. The maximum atomic E-state index is 12.5. The van der Waals surface area contributed by atoms with E-state index in [1.165, 1.54) is 0 Å². The van der Waals surface area contributed by atoms with Crippen LogP contribution in [0.15, 0.2) is 72.8 Å². The van der Waals surface area contributed by atoms with E-state index >= 15 is 0 Å². The number of rotatable bonds is 5. The molecule has 2 amide bonds. The standard InChI is InChI=1S/C23H23N3O2/c1-16-15-20(13-14-21(16)26(2)3)25-23(28)18-9-11-19(12-10-18)24-22(27)17-7-5-4-6-8-17/h4-15H,1-3H3,(H,24,27)(H,25,28). The first-order valence-electron chi connectivity index (χ1n) is 9.00. The monoisotopic (exact) mass is 373 g/mol. The van der Waals surface area contributed by atoms with Crippen molar-refractivity contribution in [3.8, 4) is 0 Å². The minimum Gasteiger partial charge on any atom is -0.377 e. The summed E-state index contributed by atoms with van der Waals surface area (Å²) in [5.41, 5.74) is 4.68. The van der Waals surface area contributed by atoms with Gasteiger partial charge in [-0.25, -0.2) is 0 Å². The molecule has 0 aliphatic carbocycles. The van der Waals surface area contributed by atoms with Crippen LogP contribution in [0.4, 0.5) is 17.1 Å². The lowest BCUT2D eigenvalue weighted by atomic mass is 10.1. The van der Waals surface area contributed by atoms with Crippen molar-refractivity contribution >= 4 is 28.9 Å². The van der Waals surface area contributed by atoms with Crippen LogP contribution < -0.4 is 15.5 Å². The van der Waals surface area contributed by atoms with Crippen LogP contribution in [-0.2, 0) is 0 Å². The minimum atomic E-state index is -0.196. The van der Waals surface area contributed by atoms with Gasteiger partial charge in [-0.2, -0.15) is 0 Å². The molecule has 0 fully saturated rings. The Labute approximate surface area is 165 Å². The van der Waals surface area contributed by atoms with E-state index in [0.717, 1.165) is 16.9 Å². The molecule has 0 aliphatic rings. The van der Waals surface area contributed by atoms with Gasteiger partial charge >= 0.3 is 0 Å². The van der Waals surface area contributed by atoms with E-state index in [2.05, 4.69) is 10.6 Å². The summed E-state index contributed by atoms with van der Waals surface area (Å²) in [6.45, 7) is 2.01. The van der Waals surface area contributed by atoms with Gasteiger partial charge in [0.2, 0.25) is 0 Å². The maximum Gasteiger partial charge on any atom is 0.255 e. The zero-order chi connectivity index (χ0) is 20.1. The van der Waals surface area contributed by atoms with Gasteiger partial charge in [-0.05, 0) is 67.1 Å². The van der Waals surface area contributed by atoms with E-state index in [9.17, 15) is 9.59 Å². The summed E-state index contributed by atoms with van der Waals surface area (Å²) in [7, 11) is 3.97. The predicted molar refractivity (Wildman–Crippen MR) is 114 cm³/mol. The number of carbonyl (C=O) groups is 2. The SMILES string of the molecule is Cc1cc(NC(=O)c2ccc(NC(=O)c3ccccc3)cc2)ccc1N(C)C. The molecular formula is C23H23N3O2. The normalized spacial score (nSPS) is 10.2. The molecule has 2 N–H and O–H groups in total. The molecule has 0 heterocycles. The maximum absolute atomic E-state index is 12.5. The van der Waals surface area contributed by atoms with E-state index < -0.39 is 0 Å². The Hall–Kier alpha value is -3.60. The zero-order valence-electron chi connectivity index (χ0n) is 16.2. The second-order valence-electron chi connectivity index (χ2n) is 6.75. The Balaban J connectivity index is 1.65. The smallest absolute Gasteiger partial charge is 0.255 e. The summed E-state index contributed by atoms with van der Waals surface area (Å²) in [4.78, 5) is 26.7. The lowest BCUT2D eigenvalue weighted by Crippen LogP contribution is -2.14. The van der Waals surface area contributed by atoms with Crippen molar-refractivity contribution < 1.29 is 9.59 Å². The fourth-order valence-electron chi connectivity index (χ4n) is 2.94. The van der Waals surface area contributed by atoms with Crippen molar-refractivity contribution in [3.05, 3.63) is 89.5 Å². The first kappa shape index (κ1) is 19.2. The van der Waals surface area contributed by atoms with Crippen molar-refractivity contribution in [3.63, 3.8) is 0 Å². The third-order valence-electron chi connectivity index (χ3n) is 4.38. The van der Waals surface area contributed by atoms with E-state index in [1.807, 2.05) is 62.3 Å². The average Bonchev–Trinajstić information content (AvgIpc) is 2.69. The summed E-state index contributed by atoms with van der Waals surface area (Å²) in [6, 6.07) is 21.6. The molecule has 5 nitrogen and oxygen atoms in total. The molecule has 0 unspecified atom stereocenters. The highest BCUT2D eigenvalue weighted by atomic mass is 16.2. The molecule has 142 valence electrons. The quantitative estimate of drug-likeness (QED) is 0.689. The molecule has 0 saturated heterocycles. The Morgan fingerprint density at radius 2 is 1.25 bits per heavy atom. The number of nitrogens with one attached hydrogen (secondary N) is 2. The van der Waals surface area contributed by atoms with Crippen molar-refractivity contribution in [1.82, 2.24) is 0 Å². The number of nitrogens with zero attached hydrogens (tertiary/aromatic N) is 1. The van der Waals surface area contributed by atoms with Gasteiger partial charge in [0.15, 0.2) is 0 Å². The second-order valence-corrected chi connectivity index (χ2v) is 6.75. The number of hydrogen-bond donors (Lipinski definition) is 2. The molecular weight excluding hydrogens is 350 g/mol. The van der Waals surface area contributed by atoms with E-state index in [4.69, 9.17) is 0 Å². The van der Waals surface area contributed by atoms with Gasteiger partial charge < -0.3 is 15.5 Å². The van der Waals surface area contributed by atoms with E-state index in [-0.39, 0.29) is 11.8 Å². The lowest BCUT2D eigenvalue weighted by Gasteiger charge is -2.16. The third-order valence-corrected chi connectivity index (χ3v) is 4.38. The van der Waals surface area contributed by atoms with Crippen LogP contribution in [0.2, 0.25) is 0 Å².